The Morgan fingerprint density at radius 1 is 1.33 bits per heavy atom. The van der Waals surface area contributed by atoms with E-state index in [9.17, 15) is 4.79 Å². The summed E-state index contributed by atoms with van der Waals surface area (Å²) in [6.07, 6.45) is 11.6. The normalized spacial score (nSPS) is 25.1. The van der Waals surface area contributed by atoms with Crippen molar-refractivity contribution in [2.24, 2.45) is 18.9 Å². The molecule has 1 aromatic heterocycles. The van der Waals surface area contributed by atoms with E-state index in [-0.39, 0.29) is 11.8 Å². The Kier molecular flexibility index (Phi) is 5.93. The largest absolute Gasteiger partial charge is 0.342 e. The van der Waals surface area contributed by atoms with Gasteiger partial charge in [0, 0.05) is 45.3 Å². The van der Waals surface area contributed by atoms with Crippen LogP contribution in [0.4, 0.5) is 0 Å². The standard InChI is InChI=1S/C19H32N4O/c1-3-9-23(13-15-7-5-4-6-8-15)19(24)18-12-20-11-17(18)16-10-21-22(2)14-16/h10,14-15,17-18,20H,3-9,11-13H2,1-2H3/t17-,18+/m1/s1. The van der Waals surface area contributed by atoms with Crippen LogP contribution in [-0.4, -0.2) is 46.8 Å². The maximum absolute atomic E-state index is 13.3. The summed E-state index contributed by atoms with van der Waals surface area (Å²) in [5.41, 5.74) is 1.19. The van der Waals surface area contributed by atoms with Crippen LogP contribution in [0.5, 0.6) is 0 Å². The van der Waals surface area contributed by atoms with Crippen molar-refractivity contribution in [2.75, 3.05) is 26.2 Å². The molecule has 1 N–H and O–H groups in total. The van der Waals surface area contributed by atoms with Crippen molar-refractivity contribution >= 4 is 5.91 Å². The molecular weight excluding hydrogens is 300 g/mol. The van der Waals surface area contributed by atoms with E-state index in [1.807, 2.05) is 17.9 Å². The predicted molar refractivity (Wildman–Crippen MR) is 95.8 cm³/mol. The highest BCUT2D eigenvalue weighted by Crippen LogP contribution is 2.31. The van der Waals surface area contributed by atoms with Gasteiger partial charge in [0.25, 0.3) is 0 Å². The molecule has 2 atom stereocenters. The highest BCUT2D eigenvalue weighted by atomic mass is 16.2. The molecule has 1 aromatic rings. The minimum absolute atomic E-state index is 0.0596. The Morgan fingerprint density at radius 3 is 2.79 bits per heavy atom. The first-order valence-corrected chi connectivity index (χ1v) is 9.67. The van der Waals surface area contributed by atoms with E-state index in [0.29, 0.717) is 11.8 Å². The van der Waals surface area contributed by atoms with Crippen LogP contribution < -0.4 is 5.32 Å². The Bertz CT molecular complexity index is 535. The van der Waals surface area contributed by atoms with E-state index in [4.69, 9.17) is 0 Å². The smallest absolute Gasteiger partial charge is 0.227 e. The minimum Gasteiger partial charge on any atom is -0.342 e. The van der Waals surface area contributed by atoms with E-state index in [2.05, 4.69) is 28.4 Å². The van der Waals surface area contributed by atoms with Crippen LogP contribution in [0.3, 0.4) is 0 Å². The molecule has 0 bridgehead atoms. The topological polar surface area (TPSA) is 50.2 Å². The van der Waals surface area contributed by atoms with Gasteiger partial charge in [0.2, 0.25) is 5.91 Å². The second-order valence-corrected chi connectivity index (χ2v) is 7.61. The van der Waals surface area contributed by atoms with Crippen molar-refractivity contribution in [2.45, 2.75) is 51.4 Å². The zero-order valence-corrected chi connectivity index (χ0v) is 15.2. The first kappa shape index (κ1) is 17.5. The van der Waals surface area contributed by atoms with Gasteiger partial charge in [-0.05, 0) is 30.7 Å². The van der Waals surface area contributed by atoms with Crippen LogP contribution in [0.15, 0.2) is 12.4 Å². The summed E-state index contributed by atoms with van der Waals surface area (Å²) >= 11 is 0. The predicted octanol–water partition coefficient (Wildman–Crippen LogP) is 2.54. The average Bonchev–Trinajstić information content (AvgIpc) is 3.23. The number of carbonyl (C=O) groups excluding carboxylic acids is 1. The lowest BCUT2D eigenvalue weighted by atomic mass is 9.87. The maximum atomic E-state index is 13.3. The van der Waals surface area contributed by atoms with Gasteiger partial charge in [0.1, 0.15) is 0 Å². The van der Waals surface area contributed by atoms with Gasteiger partial charge in [-0.25, -0.2) is 0 Å². The Balaban J connectivity index is 1.68. The summed E-state index contributed by atoms with van der Waals surface area (Å²) in [7, 11) is 1.94. The van der Waals surface area contributed by atoms with Gasteiger partial charge < -0.3 is 10.2 Å². The molecular formula is C19H32N4O. The number of nitrogens with one attached hydrogen (secondary N) is 1. The molecule has 0 radical (unpaired) electrons. The van der Waals surface area contributed by atoms with Gasteiger partial charge in [0.15, 0.2) is 0 Å². The van der Waals surface area contributed by atoms with Crippen LogP contribution in [0, 0.1) is 11.8 Å². The molecule has 24 heavy (non-hydrogen) atoms. The van der Waals surface area contributed by atoms with E-state index in [1.165, 1.54) is 37.7 Å². The number of hydrogen-bond acceptors (Lipinski definition) is 3. The fourth-order valence-corrected chi connectivity index (χ4v) is 4.40. The molecule has 1 saturated carbocycles. The molecule has 2 fully saturated rings. The number of rotatable bonds is 6. The van der Waals surface area contributed by atoms with Crippen molar-refractivity contribution < 1.29 is 4.79 Å². The van der Waals surface area contributed by atoms with E-state index >= 15 is 0 Å². The molecule has 0 unspecified atom stereocenters. The zero-order valence-electron chi connectivity index (χ0n) is 15.2. The van der Waals surface area contributed by atoms with Gasteiger partial charge in [-0.2, -0.15) is 5.10 Å². The second-order valence-electron chi connectivity index (χ2n) is 7.61. The fraction of sp³-hybridized carbons (Fsp3) is 0.789. The Hall–Kier alpha value is -1.36. The monoisotopic (exact) mass is 332 g/mol. The summed E-state index contributed by atoms with van der Waals surface area (Å²) in [4.78, 5) is 15.4. The molecule has 2 aliphatic rings. The molecule has 0 spiro atoms. The van der Waals surface area contributed by atoms with Crippen LogP contribution >= 0.6 is 0 Å². The molecule has 1 amide bonds. The van der Waals surface area contributed by atoms with Gasteiger partial charge >= 0.3 is 0 Å². The summed E-state index contributed by atoms with van der Waals surface area (Å²) in [5, 5.41) is 7.72. The van der Waals surface area contributed by atoms with Gasteiger partial charge in [-0.3, -0.25) is 9.48 Å². The Morgan fingerprint density at radius 2 is 2.12 bits per heavy atom. The number of carbonyl (C=O) groups is 1. The van der Waals surface area contributed by atoms with Crippen molar-refractivity contribution in [1.82, 2.24) is 20.0 Å². The molecule has 2 heterocycles. The SMILES string of the molecule is CCCN(CC1CCCCC1)C(=O)[C@H]1CNC[C@@H]1c1cnn(C)c1. The van der Waals surface area contributed by atoms with Crippen LogP contribution in [0.2, 0.25) is 0 Å². The number of aryl methyl sites for hydroxylation is 1. The lowest BCUT2D eigenvalue weighted by Gasteiger charge is -2.32. The van der Waals surface area contributed by atoms with E-state index in [0.717, 1.165) is 32.6 Å². The first-order chi connectivity index (χ1) is 11.7. The quantitative estimate of drug-likeness (QED) is 0.871. The summed E-state index contributed by atoms with van der Waals surface area (Å²) < 4.78 is 1.83. The molecule has 1 aliphatic heterocycles. The summed E-state index contributed by atoms with van der Waals surface area (Å²) in [6, 6.07) is 0. The fourth-order valence-electron chi connectivity index (χ4n) is 4.40. The van der Waals surface area contributed by atoms with Crippen molar-refractivity contribution in [3.63, 3.8) is 0 Å². The number of nitrogens with zero attached hydrogens (tertiary/aromatic N) is 3. The van der Waals surface area contributed by atoms with Crippen molar-refractivity contribution in [3.05, 3.63) is 18.0 Å². The van der Waals surface area contributed by atoms with Gasteiger partial charge in [-0.15, -0.1) is 0 Å². The number of hydrogen-bond donors (Lipinski definition) is 1. The highest BCUT2D eigenvalue weighted by molar-refractivity contribution is 5.80. The van der Waals surface area contributed by atoms with Crippen molar-refractivity contribution in [1.29, 1.82) is 0 Å². The van der Waals surface area contributed by atoms with Gasteiger partial charge in [0.05, 0.1) is 12.1 Å². The van der Waals surface area contributed by atoms with Crippen LogP contribution in [0.25, 0.3) is 0 Å². The molecule has 5 nitrogen and oxygen atoms in total. The third-order valence-corrected chi connectivity index (χ3v) is 5.69. The summed E-state index contributed by atoms with van der Waals surface area (Å²) in [6.45, 7) is 5.70. The van der Waals surface area contributed by atoms with Crippen LogP contribution in [0.1, 0.15) is 56.9 Å². The zero-order chi connectivity index (χ0) is 16.9. The molecule has 1 aliphatic carbocycles. The van der Waals surface area contributed by atoms with Crippen LogP contribution in [-0.2, 0) is 11.8 Å². The molecule has 5 heteroatoms. The molecule has 3 rings (SSSR count). The molecule has 0 aromatic carbocycles. The second kappa shape index (κ2) is 8.15. The maximum Gasteiger partial charge on any atom is 0.227 e. The van der Waals surface area contributed by atoms with Gasteiger partial charge in [-0.1, -0.05) is 26.2 Å². The number of aromatic nitrogens is 2. The highest BCUT2D eigenvalue weighted by Gasteiger charge is 2.37. The molecule has 1 saturated heterocycles. The summed E-state index contributed by atoms with van der Waals surface area (Å²) in [5.74, 6) is 1.38. The first-order valence-electron chi connectivity index (χ1n) is 9.67. The number of amides is 1. The lowest BCUT2D eigenvalue weighted by Crippen LogP contribution is -2.42. The third-order valence-electron chi connectivity index (χ3n) is 5.69. The van der Waals surface area contributed by atoms with E-state index in [1.54, 1.807) is 0 Å². The third kappa shape index (κ3) is 4.00. The average molecular weight is 332 g/mol. The Labute approximate surface area is 145 Å². The lowest BCUT2D eigenvalue weighted by molar-refractivity contribution is -0.136. The minimum atomic E-state index is 0.0596. The van der Waals surface area contributed by atoms with E-state index < -0.39 is 0 Å². The van der Waals surface area contributed by atoms with Crippen molar-refractivity contribution in [3.8, 4) is 0 Å². The molecule has 134 valence electrons.